The van der Waals surface area contributed by atoms with Gasteiger partial charge in [-0.25, -0.2) is 14.7 Å². The lowest BCUT2D eigenvalue weighted by Gasteiger charge is -2.12. The number of rotatable bonds is 10. The number of carbonyl (C=O) groups excluding carboxylic acids is 1. The lowest BCUT2D eigenvalue weighted by molar-refractivity contribution is -0.274. The van der Waals surface area contributed by atoms with Crippen LogP contribution in [0.3, 0.4) is 0 Å². The second kappa shape index (κ2) is 13.5. The standard InChI is InChI=1S/C34H35F3N4O3S/c1-20(2)33(42)43-19-45-30(39-31-22(4)14-21(3)15-23(31)5)17-26-16-29(26)24-6-8-25(9-7-24)32-38-18-41(40-32)27-10-12-28(13-11-27)44-34(35,36)37/h6-15,18,20,26,29H,16-17,19H2,1-5H3. The number of aromatic nitrogens is 3. The fourth-order valence-electron chi connectivity index (χ4n) is 5.24. The van der Waals surface area contributed by atoms with E-state index in [1.165, 1.54) is 58.2 Å². The summed E-state index contributed by atoms with van der Waals surface area (Å²) < 4.78 is 48.3. The van der Waals surface area contributed by atoms with Crippen LogP contribution < -0.4 is 4.74 Å². The van der Waals surface area contributed by atoms with Crippen LogP contribution in [0.1, 0.15) is 54.9 Å². The summed E-state index contributed by atoms with van der Waals surface area (Å²) in [5.41, 5.74) is 7.03. The Labute approximate surface area is 264 Å². The number of halogens is 3. The fraction of sp³-hybridized carbons (Fsp3) is 0.353. The van der Waals surface area contributed by atoms with Gasteiger partial charge in [-0.2, -0.15) is 0 Å². The van der Waals surface area contributed by atoms with Crippen LogP contribution in [0.25, 0.3) is 17.1 Å². The van der Waals surface area contributed by atoms with Crippen molar-refractivity contribution in [2.24, 2.45) is 16.8 Å². The summed E-state index contributed by atoms with van der Waals surface area (Å²) in [6.45, 7) is 9.86. The zero-order chi connectivity index (χ0) is 32.3. The number of nitrogens with zero attached hydrogens (tertiary/aromatic N) is 4. The number of esters is 1. The molecule has 0 saturated heterocycles. The quantitative estimate of drug-likeness (QED) is 0.0749. The molecule has 7 nitrogen and oxygen atoms in total. The van der Waals surface area contributed by atoms with Gasteiger partial charge in [-0.1, -0.05) is 67.6 Å². The van der Waals surface area contributed by atoms with Gasteiger partial charge in [0.25, 0.3) is 0 Å². The molecule has 0 aliphatic heterocycles. The number of alkyl halides is 3. The average molecular weight is 637 g/mol. The van der Waals surface area contributed by atoms with E-state index in [9.17, 15) is 18.0 Å². The summed E-state index contributed by atoms with van der Waals surface area (Å²) >= 11 is 1.48. The number of ether oxygens (including phenoxy) is 2. The van der Waals surface area contributed by atoms with E-state index in [-0.39, 0.29) is 23.6 Å². The van der Waals surface area contributed by atoms with Gasteiger partial charge >= 0.3 is 12.3 Å². The predicted molar refractivity (Wildman–Crippen MR) is 170 cm³/mol. The van der Waals surface area contributed by atoms with Crippen molar-refractivity contribution in [3.63, 3.8) is 0 Å². The molecule has 2 atom stereocenters. The van der Waals surface area contributed by atoms with Crippen molar-refractivity contribution in [2.45, 2.75) is 59.7 Å². The maximum atomic E-state index is 12.5. The van der Waals surface area contributed by atoms with Gasteiger partial charge in [-0.05, 0) is 86.4 Å². The summed E-state index contributed by atoms with van der Waals surface area (Å²) in [6, 6.07) is 17.9. The molecule has 2 unspecified atom stereocenters. The molecular formula is C34H35F3N4O3S. The molecule has 0 spiro atoms. The van der Waals surface area contributed by atoms with Crippen LogP contribution in [0.2, 0.25) is 0 Å². The van der Waals surface area contributed by atoms with Gasteiger partial charge in [0, 0.05) is 5.56 Å². The number of hydrogen-bond acceptors (Lipinski definition) is 7. The number of thioether (sulfide) groups is 1. The van der Waals surface area contributed by atoms with Crippen LogP contribution in [0, 0.1) is 32.6 Å². The van der Waals surface area contributed by atoms with E-state index >= 15 is 0 Å². The van der Waals surface area contributed by atoms with Crippen LogP contribution in [-0.4, -0.2) is 38.1 Å². The molecule has 0 N–H and O–H groups in total. The SMILES string of the molecule is Cc1cc(C)c(N=C(CC2CC2c2ccc(-c3ncn(-c4ccc(OC(F)(F)F)cc4)n3)cc2)SCOC(=O)C(C)C)c(C)c1. The topological polar surface area (TPSA) is 78.6 Å². The van der Waals surface area contributed by atoms with E-state index < -0.39 is 6.36 Å². The molecule has 0 radical (unpaired) electrons. The minimum Gasteiger partial charge on any atom is -0.454 e. The Morgan fingerprint density at radius 3 is 2.33 bits per heavy atom. The highest BCUT2D eigenvalue weighted by atomic mass is 32.2. The summed E-state index contributed by atoms with van der Waals surface area (Å²) in [5.74, 6) is 0.864. The normalized spacial score (nSPS) is 16.6. The summed E-state index contributed by atoms with van der Waals surface area (Å²) in [7, 11) is 0. The Kier molecular flexibility index (Phi) is 9.67. The van der Waals surface area contributed by atoms with Crippen LogP contribution >= 0.6 is 11.8 Å². The van der Waals surface area contributed by atoms with Crippen molar-refractivity contribution in [1.29, 1.82) is 0 Å². The molecule has 0 bridgehead atoms. The van der Waals surface area contributed by atoms with Gasteiger partial charge in [0.15, 0.2) is 5.82 Å². The van der Waals surface area contributed by atoms with Crippen LogP contribution in [0.4, 0.5) is 18.9 Å². The highest BCUT2D eigenvalue weighted by Gasteiger charge is 2.39. The largest absolute Gasteiger partial charge is 0.573 e. The van der Waals surface area contributed by atoms with Gasteiger partial charge in [0.2, 0.25) is 0 Å². The number of aryl methyl sites for hydroxylation is 3. The average Bonchev–Trinajstić information content (AvgIpc) is 3.56. The second-order valence-electron chi connectivity index (χ2n) is 11.6. The van der Waals surface area contributed by atoms with Gasteiger partial charge in [-0.15, -0.1) is 18.3 Å². The first kappa shape index (κ1) is 32.3. The molecule has 1 heterocycles. The zero-order valence-corrected chi connectivity index (χ0v) is 26.6. The molecule has 1 aliphatic rings. The first-order valence-corrected chi connectivity index (χ1v) is 15.7. The van der Waals surface area contributed by atoms with Crippen molar-refractivity contribution >= 4 is 28.5 Å². The summed E-state index contributed by atoms with van der Waals surface area (Å²) in [5, 5.41) is 5.46. The minimum absolute atomic E-state index is 0.180. The van der Waals surface area contributed by atoms with E-state index in [0.717, 1.165) is 40.3 Å². The molecule has 236 valence electrons. The van der Waals surface area contributed by atoms with Gasteiger partial charge in [0.1, 0.15) is 18.0 Å². The van der Waals surface area contributed by atoms with Crippen molar-refractivity contribution in [1.82, 2.24) is 14.8 Å². The summed E-state index contributed by atoms with van der Waals surface area (Å²) in [4.78, 5) is 21.5. The van der Waals surface area contributed by atoms with Crippen LogP contribution in [0.5, 0.6) is 5.75 Å². The second-order valence-corrected chi connectivity index (χ2v) is 12.6. The first-order chi connectivity index (χ1) is 21.4. The monoisotopic (exact) mass is 636 g/mol. The van der Waals surface area contributed by atoms with Crippen molar-refractivity contribution in [3.8, 4) is 22.8 Å². The van der Waals surface area contributed by atoms with Crippen molar-refractivity contribution in [3.05, 3.63) is 89.2 Å². The zero-order valence-electron chi connectivity index (χ0n) is 25.8. The van der Waals surface area contributed by atoms with E-state index in [1.807, 2.05) is 26.0 Å². The highest BCUT2D eigenvalue weighted by Crippen LogP contribution is 2.51. The Morgan fingerprint density at radius 2 is 1.71 bits per heavy atom. The minimum atomic E-state index is -4.74. The van der Waals surface area contributed by atoms with E-state index in [1.54, 1.807) is 0 Å². The van der Waals surface area contributed by atoms with E-state index in [0.29, 0.717) is 23.3 Å². The fourth-order valence-corrected chi connectivity index (χ4v) is 6.04. The van der Waals surface area contributed by atoms with Gasteiger partial charge < -0.3 is 9.47 Å². The molecule has 3 aromatic carbocycles. The molecule has 11 heteroatoms. The molecule has 4 aromatic rings. The summed E-state index contributed by atoms with van der Waals surface area (Å²) in [6.07, 6.45) is -1.39. The number of hydrogen-bond donors (Lipinski definition) is 0. The number of aliphatic imine (C=N–C) groups is 1. The third kappa shape index (κ3) is 8.54. The molecular weight excluding hydrogens is 601 g/mol. The highest BCUT2D eigenvalue weighted by molar-refractivity contribution is 8.13. The lowest BCUT2D eigenvalue weighted by Crippen LogP contribution is -2.17. The third-order valence-corrected chi connectivity index (χ3v) is 8.38. The lowest BCUT2D eigenvalue weighted by atomic mass is 10.0. The molecule has 1 saturated carbocycles. The van der Waals surface area contributed by atoms with Gasteiger partial charge in [-0.3, -0.25) is 4.79 Å². The third-order valence-electron chi connectivity index (χ3n) is 7.55. The molecule has 0 amide bonds. The van der Waals surface area contributed by atoms with Crippen LogP contribution in [-0.2, 0) is 9.53 Å². The Morgan fingerprint density at radius 1 is 1.04 bits per heavy atom. The maximum absolute atomic E-state index is 12.5. The smallest absolute Gasteiger partial charge is 0.454 e. The Bertz CT molecular complexity index is 1660. The van der Waals surface area contributed by atoms with Crippen LogP contribution in [0.15, 0.2) is 72.0 Å². The molecule has 1 aromatic heterocycles. The Hall–Kier alpha value is -4.12. The van der Waals surface area contributed by atoms with Gasteiger partial charge in [0.05, 0.1) is 22.3 Å². The Balaban J connectivity index is 1.24. The first-order valence-electron chi connectivity index (χ1n) is 14.7. The number of carbonyl (C=O) groups is 1. The molecule has 5 rings (SSSR count). The van der Waals surface area contributed by atoms with Crippen molar-refractivity contribution < 1.29 is 27.4 Å². The van der Waals surface area contributed by atoms with E-state index in [4.69, 9.17) is 9.73 Å². The maximum Gasteiger partial charge on any atom is 0.573 e. The van der Waals surface area contributed by atoms with E-state index in [2.05, 4.69) is 59.9 Å². The number of benzene rings is 3. The molecule has 45 heavy (non-hydrogen) atoms. The molecule has 1 fully saturated rings. The van der Waals surface area contributed by atoms with Crippen molar-refractivity contribution in [2.75, 3.05) is 5.94 Å². The molecule has 1 aliphatic carbocycles. The predicted octanol–water partition coefficient (Wildman–Crippen LogP) is 8.87.